The minimum atomic E-state index is -0.0765. The second kappa shape index (κ2) is 7.29. The molecule has 0 aromatic rings. The number of Topliss-reactive ketones (excluding diaryl/α,β-unsaturated/α-hetero) is 1. The summed E-state index contributed by atoms with van der Waals surface area (Å²) in [6.07, 6.45) is 9.88. The Hall–Kier alpha value is -0.260. The van der Waals surface area contributed by atoms with Gasteiger partial charge in [0.2, 0.25) is 0 Å². The summed E-state index contributed by atoms with van der Waals surface area (Å²) in [5.74, 6) is 4.45. The molecule has 0 spiro atoms. The van der Waals surface area contributed by atoms with Crippen LogP contribution in [0.1, 0.15) is 58.3 Å². The van der Waals surface area contributed by atoms with E-state index in [4.69, 9.17) is 5.11 Å². The molecule has 0 radical (unpaired) electrons. The lowest BCUT2D eigenvalue weighted by atomic mass is 9.47. The van der Waals surface area contributed by atoms with Gasteiger partial charge in [-0.05, 0) is 62.4 Å². The first-order valence-corrected chi connectivity index (χ1v) is 12.6. The average Bonchev–Trinajstić information content (AvgIpc) is 2.94. The SMILES string of the molecule is C[C@]12CC[C@H]3[C@@H](CCC4=CC(=O)CC[C@@]43CSSCCO)[C@@H]1CCC2=O. The Morgan fingerprint density at radius 2 is 1.92 bits per heavy atom. The van der Waals surface area contributed by atoms with Gasteiger partial charge in [0, 0.05) is 35.2 Å². The van der Waals surface area contributed by atoms with E-state index in [0.717, 1.165) is 56.5 Å². The Bertz CT molecular complexity index is 631. The average molecular weight is 395 g/mol. The van der Waals surface area contributed by atoms with E-state index in [1.807, 2.05) is 16.9 Å². The van der Waals surface area contributed by atoms with Gasteiger partial charge >= 0.3 is 0 Å². The molecule has 26 heavy (non-hydrogen) atoms. The lowest BCUT2D eigenvalue weighted by Crippen LogP contribution is -2.52. The number of hydrogen-bond donors (Lipinski definition) is 1. The molecule has 3 saturated carbocycles. The van der Waals surface area contributed by atoms with Crippen molar-refractivity contribution in [2.45, 2.75) is 58.3 Å². The van der Waals surface area contributed by atoms with Crippen molar-refractivity contribution in [2.24, 2.45) is 28.6 Å². The van der Waals surface area contributed by atoms with Gasteiger partial charge < -0.3 is 5.11 Å². The molecular weight excluding hydrogens is 364 g/mol. The van der Waals surface area contributed by atoms with Gasteiger partial charge in [-0.3, -0.25) is 9.59 Å². The van der Waals surface area contributed by atoms with E-state index in [1.165, 1.54) is 5.57 Å². The second-order valence-electron chi connectivity index (χ2n) is 8.93. The largest absolute Gasteiger partial charge is 0.395 e. The predicted octanol–water partition coefficient (Wildman–Crippen LogP) is 4.44. The Morgan fingerprint density at radius 3 is 2.73 bits per heavy atom. The highest BCUT2D eigenvalue weighted by Crippen LogP contribution is 2.65. The minimum absolute atomic E-state index is 0.0765. The molecule has 5 heteroatoms. The van der Waals surface area contributed by atoms with Crippen LogP contribution in [0, 0.1) is 28.6 Å². The molecule has 5 atom stereocenters. The fraction of sp³-hybridized carbons (Fsp3) is 0.810. The van der Waals surface area contributed by atoms with Gasteiger partial charge in [-0.15, -0.1) is 0 Å². The van der Waals surface area contributed by atoms with Crippen LogP contribution in [0.5, 0.6) is 0 Å². The molecule has 3 nitrogen and oxygen atoms in total. The minimum Gasteiger partial charge on any atom is -0.395 e. The molecule has 0 unspecified atom stereocenters. The third kappa shape index (κ3) is 2.93. The van der Waals surface area contributed by atoms with Gasteiger partial charge in [-0.25, -0.2) is 0 Å². The van der Waals surface area contributed by atoms with Crippen molar-refractivity contribution in [3.8, 4) is 0 Å². The summed E-state index contributed by atoms with van der Waals surface area (Å²) < 4.78 is 0. The fourth-order valence-electron chi connectivity index (χ4n) is 6.65. The molecule has 0 heterocycles. The van der Waals surface area contributed by atoms with E-state index in [2.05, 4.69) is 6.92 Å². The van der Waals surface area contributed by atoms with Crippen molar-refractivity contribution in [3.63, 3.8) is 0 Å². The summed E-state index contributed by atoms with van der Waals surface area (Å²) >= 11 is 0. The third-order valence-electron chi connectivity index (χ3n) is 7.97. The molecule has 0 bridgehead atoms. The zero-order valence-corrected chi connectivity index (χ0v) is 17.3. The first-order valence-electron chi connectivity index (χ1n) is 10.1. The summed E-state index contributed by atoms with van der Waals surface area (Å²) in [6.45, 7) is 2.46. The normalized spacial score (nSPS) is 42.1. The van der Waals surface area contributed by atoms with Gasteiger partial charge in [0.05, 0.1) is 6.61 Å². The van der Waals surface area contributed by atoms with Crippen molar-refractivity contribution >= 4 is 33.2 Å². The molecule has 4 rings (SSSR count). The molecule has 144 valence electrons. The van der Waals surface area contributed by atoms with Crippen molar-refractivity contribution in [1.29, 1.82) is 0 Å². The van der Waals surface area contributed by atoms with E-state index < -0.39 is 0 Å². The fourth-order valence-corrected chi connectivity index (χ4v) is 9.13. The standard InChI is InChI=1S/C21H30O3S2/c1-20-8-7-18-16(17(20)4-5-19(20)24)3-2-14-12-15(23)6-9-21(14,18)13-26-25-11-10-22/h12,16-18,22H,2-11,13H2,1H3/t16-,17-,18-,20-,21+/m0/s1. The third-order valence-corrected chi connectivity index (χ3v) is 10.5. The van der Waals surface area contributed by atoms with Crippen molar-refractivity contribution in [1.82, 2.24) is 0 Å². The van der Waals surface area contributed by atoms with Gasteiger partial charge in [-0.2, -0.15) is 0 Å². The Kier molecular flexibility index (Phi) is 5.35. The summed E-state index contributed by atoms with van der Waals surface area (Å²) in [4.78, 5) is 24.7. The van der Waals surface area contributed by atoms with E-state index in [0.29, 0.717) is 35.7 Å². The predicted molar refractivity (Wildman–Crippen MR) is 108 cm³/mol. The maximum Gasteiger partial charge on any atom is 0.155 e. The number of carbonyl (C=O) groups excluding carboxylic acids is 2. The zero-order chi connectivity index (χ0) is 18.4. The lowest BCUT2D eigenvalue weighted by molar-refractivity contribution is -0.132. The monoisotopic (exact) mass is 394 g/mol. The van der Waals surface area contributed by atoms with E-state index in [1.54, 1.807) is 10.8 Å². The zero-order valence-electron chi connectivity index (χ0n) is 15.7. The van der Waals surface area contributed by atoms with Crippen LogP contribution in [0.15, 0.2) is 11.6 Å². The molecule has 0 saturated heterocycles. The van der Waals surface area contributed by atoms with Gasteiger partial charge in [0.15, 0.2) is 5.78 Å². The number of rotatable bonds is 5. The molecular formula is C21H30O3S2. The number of fused-ring (bicyclic) bond motifs is 5. The van der Waals surface area contributed by atoms with Crippen LogP contribution in [0.2, 0.25) is 0 Å². The van der Waals surface area contributed by atoms with Crippen LogP contribution in [0.25, 0.3) is 0 Å². The number of aliphatic hydroxyl groups excluding tert-OH is 1. The topological polar surface area (TPSA) is 54.4 Å². The van der Waals surface area contributed by atoms with Crippen molar-refractivity contribution < 1.29 is 14.7 Å². The Balaban J connectivity index is 1.63. The molecule has 0 amide bonds. The van der Waals surface area contributed by atoms with Crippen LogP contribution in [-0.2, 0) is 9.59 Å². The van der Waals surface area contributed by atoms with E-state index in [-0.39, 0.29) is 17.4 Å². The molecule has 4 aliphatic rings. The molecule has 3 fully saturated rings. The lowest BCUT2D eigenvalue weighted by Gasteiger charge is -2.58. The number of ketones is 2. The number of allylic oxidation sites excluding steroid dienone is 1. The Labute approximate surface area is 164 Å². The van der Waals surface area contributed by atoms with Gasteiger partial charge in [0.25, 0.3) is 0 Å². The highest BCUT2D eigenvalue weighted by Gasteiger charge is 2.60. The molecule has 1 N–H and O–H groups in total. The van der Waals surface area contributed by atoms with Crippen LogP contribution >= 0.6 is 21.6 Å². The first kappa shape index (κ1) is 19.1. The van der Waals surface area contributed by atoms with E-state index in [9.17, 15) is 9.59 Å². The number of hydrogen-bond acceptors (Lipinski definition) is 5. The quantitative estimate of drug-likeness (QED) is 0.552. The summed E-state index contributed by atoms with van der Waals surface area (Å²) in [5.41, 5.74) is 1.48. The number of carbonyl (C=O) groups is 2. The first-order chi connectivity index (χ1) is 12.5. The van der Waals surface area contributed by atoms with Crippen LogP contribution in [0.4, 0.5) is 0 Å². The van der Waals surface area contributed by atoms with Crippen LogP contribution in [0.3, 0.4) is 0 Å². The summed E-state index contributed by atoms with van der Waals surface area (Å²) in [7, 11) is 3.64. The molecule has 4 aliphatic carbocycles. The highest BCUT2D eigenvalue weighted by molar-refractivity contribution is 8.76. The highest BCUT2D eigenvalue weighted by atomic mass is 33.1. The summed E-state index contributed by atoms with van der Waals surface area (Å²) in [5, 5.41) is 9.09. The second-order valence-corrected chi connectivity index (χ2v) is 11.5. The smallest absolute Gasteiger partial charge is 0.155 e. The van der Waals surface area contributed by atoms with E-state index >= 15 is 0 Å². The van der Waals surface area contributed by atoms with Crippen molar-refractivity contribution in [2.75, 3.05) is 18.1 Å². The molecule has 0 aromatic carbocycles. The Morgan fingerprint density at radius 1 is 1.08 bits per heavy atom. The van der Waals surface area contributed by atoms with Gasteiger partial charge in [0.1, 0.15) is 5.78 Å². The van der Waals surface area contributed by atoms with Crippen molar-refractivity contribution in [3.05, 3.63) is 11.6 Å². The summed E-state index contributed by atoms with van der Waals surface area (Å²) in [6, 6.07) is 0. The molecule has 0 aromatic heterocycles. The molecule has 0 aliphatic heterocycles. The van der Waals surface area contributed by atoms with Crippen LogP contribution < -0.4 is 0 Å². The maximum atomic E-state index is 12.6. The van der Waals surface area contributed by atoms with Gasteiger partial charge in [-0.1, -0.05) is 34.1 Å². The number of aliphatic hydroxyl groups is 1. The maximum absolute atomic E-state index is 12.6. The van der Waals surface area contributed by atoms with Crippen LogP contribution in [-0.4, -0.2) is 34.8 Å².